The second-order valence-corrected chi connectivity index (χ2v) is 6.82. The van der Waals surface area contributed by atoms with E-state index in [9.17, 15) is 13.6 Å². The fraction of sp³-hybridized carbons (Fsp3) is 0.182. The quantitative estimate of drug-likeness (QED) is 0.728. The lowest BCUT2D eigenvalue weighted by atomic mass is 10.2. The van der Waals surface area contributed by atoms with Crippen LogP contribution in [0.3, 0.4) is 0 Å². The Morgan fingerprint density at radius 2 is 1.48 bits per heavy atom. The van der Waals surface area contributed by atoms with Crippen LogP contribution in [0.4, 0.5) is 26.0 Å². The third kappa shape index (κ3) is 4.51. The maximum Gasteiger partial charge on any atom is 0.256 e. The number of hydrogen-bond donors (Lipinski definition) is 1. The summed E-state index contributed by atoms with van der Waals surface area (Å²) in [6.45, 7) is 3.27. The molecule has 0 radical (unpaired) electrons. The molecule has 0 atom stereocenters. The second kappa shape index (κ2) is 8.26. The number of rotatable bonds is 4. The van der Waals surface area contributed by atoms with Gasteiger partial charge < -0.3 is 15.1 Å². The number of carbonyl (C=O) groups excluding carboxylic acids is 1. The number of hydrogen-bond acceptors (Lipinski definition) is 4. The van der Waals surface area contributed by atoms with Gasteiger partial charge >= 0.3 is 0 Å². The molecule has 2 heterocycles. The van der Waals surface area contributed by atoms with Gasteiger partial charge in [-0.2, -0.15) is 0 Å². The standard InChI is InChI=1S/C22H20F2N4O/c23-17-4-6-19(7-5-17)27-10-12-28(13-11-27)20-8-9-21(25-15-20)26-22(29)16-2-1-3-18(24)14-16/h1-9,14-15H,10-13H2,(H,25,26,29). The summed E-state index contributed by atoms with van der Waals surface area (Å²) >= 11 is 0. The molecule has 0 unspecified atom stereocenters. The Hall–Kier alpha value is -3.48. The van der Waals surface area contributed by atoms with E-state index < -0.39 is 11.7 Å². The van der Waals surface area contributed by atoms with E-state index in [0.29, 0.717) is 5.82 Å². The minimum atomic E-state index is -0.458. The number of amides is 1. The number of anilines is 3. The van der Waals surface area contributed by atoms with Crippen molar-refractivity contribution in [3.63, 3.8) is 0 Å². The first-order valence-electron chi connectivity index (χ1n) is 9.37. The highest BCUT2D eigenvalue weighted by atomic mass is 19.1. The highest BCUT2D eigenvalue weighted by Crippen LogP contribution is 2.21. The van der Waals surface area contributed by atoms with E-state index in [1.807, 2.05) is 6.07 Å². The van der Waals surface area contributed by atoms with Crippen molar-refractivity contribution >= 4 is 23.1 Å². The number of nitrogens with one attached hydrogen (secondary N) is 1. The van der Waals surface area contributed by atoms with Gasteiger partial charge in [0.05, 0.1) is 11.9 Å². The molecule has 148 valence electrons. The summed E-state index contributed by atoms with van der Waals surface area (Å²) in [5, 5.41) is 2.67. The van der Waals surface area contributed by atoms with Crippen LogP contribution >= 0.6 is 0 Å². The van der Waals surface area contributed by atoms with E-state index in [0.717, 1.165) is 37.6 Å². The van der Waals surface area contributed by atoms with Gasteiger partial charge in [-0.05, 0) is 54.6 Å². The van der Waals surface area contributed by atoms with Gasteiger partial charge in [-0.3, -0.25) is 4.79 Å². The first kappa shape index (κ1) is 18.9. The Balaban J connectivity index is 1.35. The van der Waals surface area contributed by atoms with Crippen molar-refractivity contribution in [3.8, 4) is 0 Å². The van der Waals surface area contributed by atoms with E-state index in [4.69, 9.17) is 0 Å². The average molecular weight is 394 g/mol. The Morgan fingerprint density at radius 1 is 0.828 bits per heavy atom. The highest BCUT2D eigenvalue weighted by Gasteiger charge is 2.18. The van der Waals surface area contributed by atoms with Gasteiger partial charge in [-0.1, -0.05) is 6.07 Å². The van der Waals surface area contributed by atoms with Crippen LogP contribution in [0.5, 0.6) is 0 Å². The van der Waals surface area contributed by atoms with Crippen LogP contribution in [0.15, 0.2) is 66.9 Å². The molecule has 1 saturated heterocycles. The lowest BCUT2D eigenvalue weighted by molar-refractivity contribution is 0.102. The molecule has 3 aromatic rings. The molecular weight excluding hydrogens is 374 g/mol. The number of halogens is 2. The minimum absolute atomic E-state index is 0.233. The van der Waals surface area contributed by atoms with Gasteiger partial charge in [0.1, 0.15) is 17.5 Å². The zero-order valence-electron chi connectivity index (χ0n) is 15.7. The molecule has 2 aromatic carbocycles. The molecule has 1 aliphatic heterocycles. The zero-order valence-corrected chi connectivity index (χ0v) is 15.7. The van der Waals surface area contributed by atoms with Crippen LogP contribution in [0.25, 0.3) is 0 Å². The zero-order chi connectivity index (χ0) is 20.2. The van der Waals surface area contributed by atoms with Crippen LogP contribution in [0, 0.1) is 11.6 Å². The van der Waals surface area contributed by atoms with Crippen molar-refractivity contribution in [2.45, 2.75) is 0 Å². The summed E-state index contributed by atoms with van der Waals surface area (Å²) < 4.78 is 26.3. The van der Waals surface area contributed by atoms with E-state index in [1.165, 1.54) is 30.3 Å². The smallest absolute Gasteiger partial charge is 0.256 e. The molecule has 1 amide bonds. The Labute approximate surface area is 167 Å². The molecular formula is C22H20F2N4O. The first-order valence-corrected chi connectivity index (χ1v) is 9.37. The van der Waals surface area contributed by atoms with Crippen molar-refractivity contribution in [1.29, 1.82) is 0 Å². The van der Waals surface area contributed by atoms with Gasteiger partial charge in [-0.15, -0.1) is 0 Å². The van der Waals surface area contributed by atoms with Gasteiger partial charge in [-0.25, -0.2) is 13.8 Å². The molecule has 0 spiro atoms. The monoisotopic (exact) mass is 394 g/mol. The van der Waals surface area contributed by atoms with Crippen LogP contribution in [-0.4, -0.2) is 37.1 Å². The third-order valence-electron chi connectivity index (χ3n) is 4.91. The van der Waals surface area contributed by atoms with Crippen molar-refractivity contribution < 1.29 is 13.6 Å². The molecule has 4 rings (SSSR count). The number of pyridine rings is 1. The molecule has 29 heavy (non-hydrogen) atoms. The summed E-state index contributed by atoms with van der Waals surface area (Å²) in [6, 6.07) is 15.7. The second-order valence-electron chi connectivity index (χ2n) is 6.82. The number of aromatic nitrogens is 1. The Bertz CT molecular complexity index is 984. The van der Waals surface area contributed by atoms with Crippen LogP contribution in [-0.2, 0) is 0 Å². The number of nitrogens with zero attached hydrogens (tertiary/aromatic N) is 3. The van der Waals surface area contributed by atoms with Crippen molar-refractivity contribution in [2.75, 3.05) is 41.3 Å². The Kier molecular flexibility index (Phi) is 5.37. The maximum atomic E-state index is 13.3. The van der Waals surface area contributed by atoms with E-state index in [1.54, 1.807) is 30.5 Å². The van der Waals surface area contributed by atoms with Gasteiger partial charge in [0.2, 0.25) is 0 Å². The molecule has 0 bridgehead atoms. The first-order chi connectivity index (χ1) is 14.1. The van der Waals surface area contributed by atoms with Gasteiger partial charge in [0.15, 0.2) is 0 Å². The van der Waals surface area contributed by atoms with Crippen molar-refractivity contribution in [2.24, 2.45) is 0 Å². The predicted molar refractivity (Wildman–Crippen MR) is 109 cm³/mol. The summed E-state index contributed by atoms with van der Waals surface area (Å²) in [5.74, 6) is -0.686. The van der Waals surface area contributed by atoms with Crippen molar-refractivity contribution in [1.82, 2.24) is 4.98 Å². The molecule has 0 saturated carbocycles. The predicted octanol–water partition coefficient (Wildman–Crippen LogP) is 3.94. The molecule has 0 aliphatic carbocycles. The lowest BCUT2D eigenvalue weighted by Gasteiger charge is -2.37. The topological polar surface area (TPSA) is 48.5 Å². The van der Waals surface area contributed by atoms with Crippen LogP contribution in [0.2, 0.25) is 0 Å². The number of piperazine rings is 1. The molecule has 5 nitrogen and oxygen atoms in total. The largest absolute Gasteiger partial charge is 0.368 e. The molecule has 1 fully saturated rings. The fourth-order valence-corrected chi connectivity index (χ4v) is 3.34. The van der Waals surface area contributed by atoms with Gasteiger partial charge in [0.25, 0.3) is 5.91 Å². The Morgan fingerprint density at radius 3 is 2.10 bits per heavy atom. The minimum Gasteiger partial charge on any atom is -0.368 e. The van der Waals surface area contributed by atoms with Crippen molar-refractivity contribution in [3.05, 3.63) is 84.1 Å². The lowest BCUT2D eigenvalue weighted by Crippen LogP contribution is -2.46. The average Bonchev–Trinajstić information content (AvgIpc) is 2.75. The highest BCUT2D eigenvalue weighted by molar-refractivity contribution is 6.03. The summed E-state index contributed by atoms with van der Waals surface area (Å²) in [5.41, 5.74) is 2.22. The normalized spacial score (nSPS) is 14.0. The van der Waals surface area contributed by atoms with E-state index in [-0.39, 0.29) is 11.4 Å². The van der Waals surface area contributed by atoms with E-state index in [2.05, 4.69) is 20.1 Å². The fourth-order valence-electron chi connectivity index (χ4n) is 3.34. The maximum absolute atomic E-state index is 13.3. The summed E-state index contributed by atoms with van der Waals surface area (Å²) in [6.07, 6.45) is 1.72. The molecule has 1 aliphatic rings. The van der Waals surface area contributed by atoms with Crippen LogP contribution in [0.1, 0.15) is 10.4 Å². The molecule has 1 N–H and O–H groups in total. The van der Waals surface area contributed by atoms with Gasteiger partial charge in [0, 0.05) is 37.4 Å². The number of carbonyl (C=O) groups is 1. The van der Waals surface area contributed by atoms with Crippen LogP contribution < -0.4 is 15.1 Å². The molecule has 1 aromatic heterocycles. The summed E-state index contributed by atoms with van der Waals surface area (Å²) in [7, 11) is 0. The SMILES string of the molecule is O=C(Nc1ccc(N2CCN(c3ccc(F)cc3)CC2)cn1)c1cccc(F)c1. The molecule has 7 heteroatoms. The number of benzene rings is 2. The third-order valence-corrected chi connectivity index (χ3v) is 4.91. The van der Waals surface area contributed by atoms with E-state index >= 15 is 0 Å². The summed E-state index contributed by atoms with van der Waals surface area (Å²) in [4.78, 5) is 20.9.